The molecule has 0 radical (unpaired) electrons. The molecule has 0 bridgehead atoms. The van der Waals surface area contributed by atoms with Crippen molar-refractivity contribution in [1.82, 2.24) is 9.80 Å². The molecule has 1 saturated heterocycles. The molecule has 1 aromatic carbocycles. The lowest BCUT2D eigenvalue weighted by molar-refractivity contribution is -0.164. The van der Waals surface area contributed by atoms with E-state index in [-0.39, 0.29) is 12.6 Å². The van der Waals surface area contributed by atoms with Gasteiger partial charge >= 0.3 is 18.2 Å². The summed E-state index contributed by atoms with van der Waals surface area (Å²) in [5, 5.41) is 0. The summed E-state index contributed by atoms with van der Waals surface area (Å²) in [6.45, 7) is 11.5. The Hall–Kier alpha value is -2.25. The first-order valence-electron chi connectivity index (χ1n) is 9.54. The number of ether oxygens (including phenoxy) is 1. The lowest BCUT2D eigenvalue weighted by Crippen LogP contribution is -2.52. The minimum Gasteiger partial charge on any atom is -0.458 e. The van der Waals surface area contributed by atoms with Crippen LogP contribution in [-0.4, -0.2) is 46.5 Å². The predicted molar refractivity (Wildman–Crippen MR) is 103 cm³/mol. The fraction of sp³-hybridized carbons (Fsp3) is 0.619. The van der Waals surface area contributed by atoms with Gasteiger partial charge in [-0.25, -0.2) is 9.59 Å². The van der Waals surface area contributed by atoms with Crippen LogP contribution in [0.25, 0.3) is 0 Å². The summed E-state index contributed by atoms with van der Waals surface area (Å²) in [5.74, 6) is -0.487. The monoisotopic (exact) mass is 414 g/mol. The molecule has 0 spiro atoms. The molecule has 2 amide bonds. The maximum atomic E-state index is 13.0. The fourth-order valence-corrected chi connectivity index (χ4v) is 3.36. The average molecular weight is 414 g/mol. The second-order valence-electron chi connectivity index (χ2n) is 9.40. The number of amides is 2. The molecular formula is C21H29F3N2O3. The van der Waals surface area contributed by atoms with E-state index in [1.165, 1.54) is 15.9 Å². The summed E-state index contributed by atoms with van der Waals surface area (Å²) in [5.41, 5.74) is -1.62. The maximum absolute atomic E-state index is 13.0. The first-order valence-corrected chi connectivity index (χ1v) is 9.54. The Morgan fingerprint density at radius 2 is 1.72 bits per heavy atom. The Labute approximate surface area is 169 Å². The average Bonchev–Trinajstić information content (AvgIpc) is 2.85. The van der Waals surface area contributed by atoms with Crippen LogP contribution in [0.15, 0.2) is 24.3 Å². The molecule has 5 nitrogen and oxygen atoms in total. The van der Waals surface area contributed by atoms with E-state index < -0.39 is 34.8 Å². The highest BCUT2D eigenvalue weighted by Gasteiger charge is 2.45. The Balaban J connectivity index is 2.20. The van der Waals surface area contributed by atoms with Crippen LogP contribution in [0.4, 0.5) is 18.0 Å². The van der Waals surface area contributed by atoms with E-state index in [2.05, 4.69) is 0 Å². The maximum Gasteiger partial charge on any atom is 0.416 e. The number of carbonyl (C=O) groups excluding carboxylic acids is 2. The first kappa shape index (κ1) is 23.0. The molecule has 0 unspecified atom stereocenters. The van der Waals surface area contributed by atoms with Gasteiger partial charge < -0.3 is 14.5 Å². The van der Waals surface area contributed by atoms with Crippen LogP contribution in [0.1, 0.15) is 52.7 Å². The fourth-order valence-electron chi connectivity index (χ4n) is 3.36. The van der Waals surface area contributed by atoms with Gasteiger partial charge in [0.1, 0.15) is 11.6 Å². The van der Waals surface area contributed by atoms with E-state index in [1.807, 2.05) is 20.8 Å². The summed E-state index contributed by atoms with van der Waals surface area (Å²) in [7, 11) is 0. The van der Waals surface area contributed by atoms with Gasteiger partial charge in [-0.1, -0.05) is 32.9 Å². The number of urea groups is 1. The van der Waals surface area contributed by atoms with Crippen LogP contribution >= 0.6 is 0 Å². The van der Waals surface area contributed by atoms with Crippen molar-refractivity contribution < 1.29 is 27.5 Å². The van der Waals surface area contributed by atoms with E-state index in [4.69, 9.17) is 4.74 Å². The number of benzene rings is 1. The van der Waals surface area contributed by atoms with Crippen molar-refractivity contribution in [2.45, 2.75) is 65.9 Å². The van der Waals surface area contributed by atoms with Crippen molar-refractivity contribution in [2.24, 2.45) is 5.41 Å². The minimum atomic E-state index is -4.44. The molecule has 8 heteroatoms. The third-order valence-corrected chi connectivity index (χ3v) is 4.52. The number of hydrogen-bond acceptors (Lipinski definition) is 3. The molecule has 0 aromatic heterocycles. The van der Waals surface area contributed by atoms with E-state index >= 15 is 0 Å². The normalized spacial score (nSPS) is 16.9. The molecule has 1 aliphatic heterocycles. The number of carbonyl (C=O) groups is 2. The quantitative estimate of drug-likeness (QED) is 0.671. The van der Waals surface area contributed by atoms with E-state index in [9.17, 15) is 22.8 Å². The zero-order chi connectivity index (χ0) is 22.2. The van der Waals surface area contributed by atoms with Crippen LogP contribution in [-0.2, 0) is 22.3 Å². The van der Waals surface area contributed by atoms with Gasteiger partial charge in [0.25, 0.3) is 0 Å². The number of nitrogens with zero attached hydrogens (tertiary/aromatic N) is 2. The van der Waals surface area contributed by atoms with Gasteiger partial charge in [0.05, 0.1) is 5.56 Å². The largest absolute Gasteiger partial charge is 0.458 e. The SMILES string of the molecule is CC(C)(C)OC(=O)[C@@H](N1CCN(Cc2cccc(C(F)(F)F)c2)C1=O)C(C)(C)C. The Bertz CT molecular complexity index is 764. The number of rotatable bonds is 4. The Kier molecular flexibility index (Phi) is 6.26. The van der Waals surface area contributed by atoms with Crippen molar-refractivity contribution in [3.63, 3.8) is 0 Å². The molecule has 0 aliphatic carbocycles. The number of halogens is 3. The Morgan fingerprint density at radius 1 is 1.10 bits per heavy atom. The van der Waals surface area contributed by atoms with Crippen LogP contribution < -0.4 is 0 Å². The van der Waals surface area contributed by atoms with E-state index in [1.54, 1.807) is 26.8 Å². The van der Waals surface area contributed by atoms with Crippen molar-refractivity contribution in [1.29, 1.82) is 0 Å². The molecule has 29 heavy (non-hydrogen) atoms. The lowest BCUT2D eigenvalue weighted by atomic mass is 9.85. The van der Waals surface area contributed by atoms with E-state index in [0.29, 0.717) is 18.7 Å². The van der Waals surface area contributed by atoms with Crippen LogP contribution in [0.3, 0.4) is 0 Å². The second-order valence-corrected chi connectivity index (χ2v) is 9.40. The molecule has 162 valence electrons. The van der Waals surface area contributed by atoms with E-state index in [0.717, 1.165) is 12.1 Å². The zero-order valence-electron chi connectivity index (χ0n) is 17.8. The molecular weight excluding hydrogens is 385 g/mol. The van der Waals surface area contributed by atoms with Gasteiger partial charge in [0, 0.05) is 19.6 Å². The highest BCUT2D eigenvalue weighted by atomic mass is 19.4. The highest BCUT2D eigenvalue weighted by molar-refractivity contribution is 5.85. The van der Waals surface area contributed by atoms with Gasteiger partial charge in [-0.2, -0.15) is 13.2 Å². The summed E-state index contributed by atoms with van der Waals surface area (Å²) >= 11 is 0. The van der Waals surface area contributed by atoms with Gasteiger partial charge in [-0.15, -0.1) is 0 Å². The molecule has 1 aromatic rings. The summed E-state index contributed by atoms with van der Waals surface area (Å²) in [6, 6.07) is 3.76. The first-order chi connectivity index (χ1) is 13.1. The number of esters is 1. The van der Waals surface area contributed by atoms with Crippen molar-refractivity contribution >= 4 is 12.0 Å². The number of alkyl halides is 3. The molecule has 1 fully saturated rings. The molecule has 1 atom stereocenters. The molecule has 0 saturated carbocycles. The summed E-state index contributed by atoms with van der Waals surface area (Å²) < 4.78 is 44.3. The molecule has 1 aliphatic rings. The Morgan fingerprint density at radius 3 is 2.24 bits per heavy atom. The molecule has 2 rings (SSSR count). The standard InChI is InChI=1S/C21H29F3N2O3/c1-19(2,3)16(17(27)29-20(4,5)6)26-11-10-25(18(26)28)13-14-8-7-9-15(12-14)21(22,23)24/h7-9,12,16H,10-11,13H2,1-6H3/t16-/m1/s1. The van der Waals surface area contributed by atoms with Crippen LogP contribution in [0.2, 0.25) is 0 Å². The third-order valence-electron chi connectivity index (χ3n) is 4.52. The zero-order valence-corrected chi connectivity index (χ0v) is 17.8. The van der Waals surface area contributed by atoms with Crippen molar-refractivity contribution in [3.8, 4) is 0 Å². The van der Waals surface area contributed by atoms with Crippen molar-refractivity contribution in [3.05, 3.63) is 35.4 Å². The lowest BCUT2D eigenvalue weighted by Gasteiger charge is -2.37. The smallest absolute Gasteiger partial charge is 0.416 e. The topological polar surface area (TPSA) is 49.9 Å². The van der Waals surface area contributed by atoms with Crippen LogP contribution in [0, 0.1) is 5.41 Å². The van der Waals surface area contributed by atoms with Gasteiger partial charge in [-0.3, -0.25) is 0 Å². The molecule has 1 heterocycles. The van der Waals surface area contributed by atoms with Crippen molar-refractivity contribution in [2.75, 3.05) is 13.1 Å². The van der Waals surface area contributed by atoms with Gasteiger partial charge in [0.15, 0.2) is 0 Å². The summed E-state index contributed by atoms with van der Waals surface area (Å²) in [6.07, 6.45) is -4.44. The number of hydrogen-bond donors (Lipinski definition) is 0. The second kappa shape index (κ2) is 7.88. The molecule has 0 N–H and O–H groups in total. The predicted octanol–water partition coefficient (Wildman–Crippen LogP) is 4.70. The third kappa shape index (κ3) is 5.87. The minimum absolute atomic E-state index is 0.0461. The van der Waals surface area contributed by atoms with Gasteiger partial charge in [0.2, 0.25) is 0 Å². The summed E-state index contributed by atoms with van der Waals surface area (Å²) in [4.78, 5) is 28.7. The van der Waals surface area contributed by atoms with Gasteiger partial charge in [-0.05, 0) is 43.9 Å². The van der Waals surface area contributed by atoms with Crippen LogP contribution in [0.5, 0.6) is 0 Å². The highest BCUT2D eigenvalue weighted by Crippen LogP contribution is 2.32.